The minimum absolute atomic E-state index is 0.0579. The van der Waals surface area contributed by atoms with Crippen LogP contribution in [0.2, 0.25) is 0 Å². The molecule has 2 rings (SSSR count). The van der Waals surface area contributed by atoms with E-state index < -0.39 is 17.6 Å². The molecule has 20 heavy (non-hydrogen) atoms. The fourth-order valence-electron chi connectivity index (χ4n) is 2.33. The smallest absolute Gasteiger partial charge is 0.419 e. The van der Waals surface area contributed by atoms with E-state index in [2.05, 4.69) is 5.32 Å². The zero-order valence-corrected chi connectivity index (χ0v) is 11.0. The highest BCUT2D eigenvalue weighted by atomic mass is 19.4. The van der Waals surface area contributed by atoms with E-state index in [9.17, 15) is 17.6 Å². The molecular weight excluding hydrogens is 274 g/mol. The zero-order valence-electron chi connectivity index (χ0n) is 11.0. The lowest BCUT2D eigenvalue weighted by Crippen LogP contribution is -2.30. The number of hydrogen-bond acceptors (Lipinski definition) is 2. The molecule has 0 aromatic heterocycles. The third kappa shape index (κ3) is 4.10. The maximum atomic E-state index is 13.1. The second kappa shape index (κ2) is 6.43. The van der Waals surface area contributed by atoms with Gasteiger partial charge < -0.3 is 10.1 Å². The summed E-state index contributed by atoms with van der Waals surface area (Å²) in [4.78, 5) is 0. The van der Waals surface area contributed by atoms with E-state index in [1.165, 1.54) is 6.07 Å². The molecule has 112 valence electrons. The number of alkyl halides is 3. The van der Waals surface area contributed by atoms with E-state index in [0.29, 0.717) is 18.6 Å². The van der Waals surface area contributed by atoms with E-state index in [-0.39, 0.29) is 5.75 Å². The van der Waals surface area contributed by atoms with Gasteiger partial charge in [-0.15, -0.1) is 0 Å². The van der Waals surface area contributed by atoms with E-state index in [1.54, 1.807) is 0 Å². The second-order valence-corrected chi connectivity index (χ2v) is 4.99. The number of halogens is 4. The zero-order chi connectivity index (χ0) is 14.6. The summed E-state index contributed by atoms with van der Waals surface area (Å²) in [6.45, 7) is 2.28. The van der Waals surface area contributed by atoms with Gasteiger partial charge in [0, 0.05) is 0 Å². The van der Waals surface area contributed by atoms with Gasteiger partial charge in [0.2, 0.25) is 0 Å². The largest absolute Gasteiger partial charge is 0.494 e. The summed E-state index contributed by atoms with van der Waals surface area (Å²) < 4.78 is 56.0. The monoisotopic (exact) mass is 291 g/mol. The van der Waals surface area contributed by atoms with Gasteiger partial charge >= 0.3 is 6.18 Å². The predicted molar refractivity (Wildman–Crippen MR) is 67.1 cm³/mol. The average molecular weight is 291 g/mol. The Hall–Kier alpha value is -1.30. The number of ether oxygens (including phenoxy) is 1. The van der Waals surface area contributed by atoms with Crippen LogP contribution in [0.3, 0.4) is 0 Å². The second-order valence-electron chi connectivity index (χ2n) is 4.99. The SMILES string of the molecule is Fc1ccc(OCCC2CCCNC2)cc1C(F)(F)F. The maximum Gasteiger partial charge on any atom is 0.419 e. The van der Waals surface area contributed by atoms with Gasteiger partial charge in [0.15, 0.2) is 0 Å². The maximum absolute atomic E-state index is 13.1. The Balaban J connectivity index is 1.89. The highest BCUT2D eigenvalue weighted by Gasteiger charge is 2.34. The molecule has 0 saturated carbocycles. The highest BCUT2D eigenvalue weighted by Crippen LogP contribution is 2.33. The van der Waals surface area contributed by atoms with E-state index >= 15 is 0 Å². The van der Waals surface area contributed by atoms with Gasteiger partial charge in [-0.05, 0) is 56.5 Å². The molecule has 1 fully saturated rings. The number of piperidine rings is 1. The summed E-state index contributed by atoms with van der Waals surface area (Å²) >= 11 is 0. The Morgan fingerprint density at radius 2 is 2.10 bits per heavy atom. The molecular formula is C14H17F4NO. The van der Waals surface area contributed by atoms with Crippen LogP contribution in [-0.2, 0) is 6.18 Å². The summed E-state index contributed by atoms with van der Waals surface area (Å²) in [5, 5.41) is 3.27. The van der Waals surface area contributed by atoms with E-state index in [0.717, 1.165) is 38.4 Å². The minimum atomic E-state index is -4.70. The first-order chi connectivity index (χ1) is 9.47. The lowest BCUT2D eigenvalue weighted by molar-refractivity contribution is -0.140. The molecule has 1 heterocycles. The average Bonchev–Trinajstić information content (AvgIpc) is 2.40. The molecule has 0 spiro atoms. The Morgan fingerprint density at radius 3 is 2.75 bits per heavy atom. The molecule has 2 nitrogen and oxygen atoms in total. The first-order valence-electron chi connectivity index (χ1n) is 6.67. The fourth-order valence-corrected chi connectivity index (χ4v) is 2.33. The summed E-state index contributed by atoms with van der Waals surface area (Å²) in [5.74, 6) is -0.727. The van der Waals surface area contributed by atoms with Crippen molar-refractivity contribution in [3.8, 4) is 5.75 Å². The van der Waals surface area contributed by atoms with Crippen LogP contribution in [0.15, 0.2) is 18.2 Å². The van der Waals surface area contributed by atoms with Gasteiger partial charge in [0.1, 0.15) is 11.6 Å². The van der Waals surface area contributed by atoms with Crippen molar-refractivity contribution in [2.45, 2.75) is 25.4 Å². The molecule has 0 bridgehead atoms. The Bertz CT molecular complexity index is 441. The standard InChI is InChI=1S/C14H17F4NO/c15-13-4-3-11(8-12(13)14(16,17)18)20-7-5-10-2-1-6-19-9-10/h3-4,8,10,19H,1-2,5-7,9H2. The molecule has 0 radical (unpaired) electrons. The molecule has 1 saturated heterocycles. The normalized spacial score (nSPS) is 19.9. The van der Waals surface area contributed by atoms with Crippen molar-refractivity contribution < 1.29 is 22.3 Å². The van der Waals surface area contributed by atoms with Crippen LogP contribution < -0.4 is 10.1 Å². The van der Waals surface area contributed by atoms with Crippen molar-refractivity contribution >= 4 is 0 Å². The van der Waals surface area contributed by atoms with Crippen LogP contribution in [-0.4, -0.2) is 19.7 Å². The van der Waals surface area contributed by atoms with Gasteiger partial charge in [0.25, 0.3) is 0 Å². The van der Waals surface area contributed by atoms with Crippen molar-refractivity contribution in [3.05, 3.63) is 29.6 Å². The number of nitrogens with one attached hydrogen (secondary N) is 1. The van der Waals surface area contributed by atoms with Gasteiger partial charge in [-0.2, -0.15) is 13.2 Å². The summed E-state index contributed by atoms with van der Waals surface area (Å²) in [6.07, 6.45) is -1.70. The molecule has 1 atom stereocenters. The van der Waals surface area contributed by atoms with Crippen molar-refractivity contribution in [1.29, 1.82) is 0 Å². The Labute approximate surface area is 115 Å². The molecule has 0 amide bonds. The van der Waals surface area contributed by atoms with Crippen molar-refractivity contribution in [2.24, 2.45) is 5.92 Å². The van der Waals surface area contributed by atoms with Gasteiger partial charge in [-0.3, -0.25) is 0 Å². The van der Waals surface area contributed by atoms with E-state index in [4.69, 9.17) is 4.74 Å². The Kier molecular flexibility index (Phi) is 4.86. The number of hydrogen-bond donors (Lipinski definition) is 1. The predicted octanol–water partition coefficient (Wildman–Crippen LogP) is 3.61. The molecule has 1 aromatic carbocycles. The third-order valence-electron chi connectivity index (χ3n) is 3.44. The van der Waals surface area contributed by atoms with Gasteiger partial charge in [-0.25, -0.2) is 4.39 Å². The topological polar surface area (TPSA) is 21.3 Å². The minimum Gasteiger partial charge on any atom is -0.494 e. The van der Waals surface area contributed by atoms with Crippen molar-refractivity contribution in [2.75, 3.05) is 19.7 Å². The van der Waals surface area contributed by atoms with E-state index in [1.807, 2.05) is 0 Å². The number of rotatable bonds is 4. The van der Waals surface area contributed by atoms with Crippen LogP contribution in [0, 0.1) is 11.7 Å². The van der Waals surface area contributed by atoms with Crippen LogP contribution in [0.4, 0.5) is 17.6 Å². The Morgan fingerprint density at radius 1 is 1.30 bits per heavy atom. The molecule has 0 aliphatic carbocycles. The van der Waals surface area contributed by atoms with Crippen LogP contribution in [0.25, 0.3) is 0 Å². The molecule has 1 aromatic rings. The lowest BCUT2D eigenvalue weighted by atomic mass is 9.97. The molecule has 1 aliphatic heterocycles. The fraction of sp³-hybridized carbons (Fsp3) is 0.571. The summed E-state index contributed by atoms with van der Waals surface area (Å²) in [5.41, 5.74) is -1.28. The molecule has 1 N–H and O–H groups in total. The van der Waals surface area contributed by atoms with Crippen molar-refractivity contribution in [3.63, 3.8) is 0 Å². The summed E-state index contributed by atoms with van der Waals surface area (Å²) in [7, 11) is 0. The van der Waals surface area contributed by atoms with Gasteiger partial charge in [0.05, 0.1) is 12.2 Å². The third-order valence-corrected chi connectivity index (χ3v) is 3.44. The first-order valence-corrected chi connectivity index (χ1v) is 6.67. The summed E-state index contributed by atoms with van der Waals surface area (Å²) in [6, 6.07) is 2.73. The molecule has 1 unspecified atom stereocenters. The van der Waals surface area contributed by atoms with Crippen LogP contribution in [0.5, 0.6) is 5.75 Å². The van der Waals surface area contributed by atoms with Crippen molar-refractivity contribution in [1.82, 2.24) is 5.32 Å². The van der Waals surface area contributed by atoms with Gasteiger partial charge in [-0.1, -0.05) is 0 Å². The highest BCUT2D eigenvalue weighted by molar-refractivity contribution is 5.31. The number of benzene rings is 1. The molecule has 1 aliphatic rings. The first kappa shape index (κ1) is 15.1. The quantitative estimate of drug-likeness (QED) is 0.856. The molecule has 6 heteroatoms. The van der Waals surface area contributed by atoms with Crippen LogP contribution >= 0.6 is 0 Å². The lowest BCUT2D eigenvalue weighted by Gasteiger charge is -2.22. The van der Waals surface area contributed by atoms with Crippen LogP contribution in [0.1, 0.15) is 24.8 Å².